The van der Waals surface area contributed by atoms with Gasteiger partial charge in [-0.2, -0.15) is 0 Å². The predicted octanol–water partition coefficient (Wildman–Crippen LogP) is 3.54. The summed E-state index contributed by atoms with van der Waals surface area (Å²) < 4.78 is 0. The van der Waals surface area contributed by atoms with E-state index in [1.165, 1.54) is 23.5 Å². The molecule has 0 aliphatic heterocycles. The zero-order valence-corrected chi connectivity index (χ0v) is 10.1. The average molecular weight is 264 g/mol. The molecule has 1 heterocycles. The third-order valence-electron chi connectivity index (χ3n) is 2.39. The first-order chi connectivity index (χ1) is 8.49. The molecule has 0 unspecified atom stereocenters. The highest BCUT2D eigenvalue weighted by atomic mass is 32.1. The number of aryl methyl sites for hydroxylation is 1. The van der Waals surface area contributed by atoms with Gasteiger partial charge in [0, 0.05) is 15.8 Å². The van der Waals surface area contributed by atoms with Crippen molar-refractivity contribution in [3.05, 3.63) is 55.4 Å². The van der Waals surface area contributed by atoms with Crippen molar-refractivity contribution in [3.63, 3.8) is 0 Å². The van der Waals surface area contributed by atoms with Crippen molar-refractivity contribution in [3.8, 4) is 10.4 Å². The predicted molar refractivity (Wildman–Crippen MR) is 67.8 cm³/mol. The maximum absolute atomic E-state index is 11.0. The molecule has 0 saturated heterocycles. The third kappa shape index (κ3) is 2.21. The molecule has 0 bridgehead atoms. The van der Waals surface area contributed by atoms with Crippen LogP contribution in [0.3, 0.4) is 0 Å². The number of nitrogens with zero attached hydrogens (tertiary/aromatic N) is 2. The van der Waals surface area contributed by atoms with Gasteiger partial charge in [-0.05, 0) is 25.1 Å². The number of hydrogen-bond donors (Lipinski definition) is 0. The van der Waals surface area contributed by atoms with E-state index in [0.29, 0.717) is 5.56 Å². The number of nitro groups is 2. The van der Waals surface area contributed by atoms with Crippen LogP contribution in [0.15, 0.2) is 30.3 Å². The van der Waals surface area contributed by atoms with Crippen molar-refractivity contribution in [1.29, 1.82) is 0 Å². The monoisotopic (exact) mass is 264 g/mol. The molecule has 0 fully saturated rings. The Morgan fingerprint density at radius 2 is 1.78 bits per heavy atom. The molecule has 0 saturated carbocycles. The zero-order chi connectivity index (χ0) is 13.3. The maximum atomic E-state index is 11.0. The van der Waals surface area contributed by atoms with Gasteiger partial charge in [0.15, 0.2) is 0 Å². The van der Waals surface area contributed by atoms with Crippen molar-refractivity contribution in [1.82, 2.24) is 0 Å². The van der Waals surface area contributed by atoms with Gasteiger partial charge >= 0.3 is 0 Å². The van der Waals surface area contributed by atoms with E-state index in [1.54, 1.807) is 6.07 Å². The lowest BCUT2D eigenvalue weighted by Gasteiger charge is -2.00. The second-order valence-electron chi connectivity index (χ2n) is 3.63. The Bertz CT molecular complexity index is 636. The molecular weight excluding hydrogens is 256 g/mol. The normalized spacial score (nSPS) is 10.3. The lowest BCUT2D eigenvalue weighted by Crippen LogP contribution is -1.94. The molecule has 92 valence electrons. The Kier molecular flexibility index (Phi) is 3.07. The summed E-state index contributed by atoms with van der Waals surface area (Å²) in [7, 11) is 0. The largest absolute Gasteiger partial charge is 0.284 e. The first-order valence-electron chi connectivity index (χ1n) is 4.98. The van der Waals surface area contributed by atoms with E-state index in [1.807, 2.05) is 13.0 Å². The molecule has 0 radical (unpaired) electrons. The topological polar surface area (TPSA) is 86.3 Å². The van der Waals surface area contributed by atoms with E-state index in [9.17, 15) is 20.2 Å². The Labute approximate surface area is 106 Å². The lowest BCUT2D eigenvalue weighted by atomic mass is 10.1. The van der Waals surface area contributed by atoms with Gasteiger partial charge in [-0.1, -0.05) is 0 Å². The van der Waals surface area contributed by atoms with Crippen LogP contribution in [0.2, 0.25) is 0 Å². The SMILES string of the molecule is Cc1ccc(-c2ccc([N+](=O)[O-])cc2[N+](=O)[O-])s1. The van der Waals surface area contributed by atoms with E-state index >= 15 is 0 Å². The van der Waals surface area contributed by atoms with Crippen LogP contribution in [0.5, 0.6) is 0 Å². The molecule has 6 nitrogen and oxygen atoms in total. The minimum Gasteiger partial charge on any atom is -0.258 e. The fraction of sp³-hybridized carbons (Fsp3) is 0.0909. The van der Waals surface area contributed by atoms with E-state index in [4.69, 9.17) is 0 Å². The first-order valence-corrected chi connectivity index (χ1v) is 5.80. The second-order valence-corrected chi connectivity index (χ2v) is 4.91. The van der Waals surface area contributed by atoms with E-state index in [2.05, 4.69) is 0 Å². The van der Waals surface area contributed by atoms with Gasteiger partial charge in [-0.25, -0.2) is 0 Å². The van der Waals surface area contributed by atoms with Gasteiger partial charge in [-0.3, -0.25) is 20.2 Å². The van der Waals surface area contributed by atoms with Crippen molar-refractivity contribution in [2.45, 2.75) is 6.92 Å². The molecular formula is C11H8N2O4S. The van der Waals surface area contributed by atoms with Gasteiger partial charge in [0.05, 0.1) is 21.5 Å². The van der Waals surface area contributed by atoms with Gasteiger partial charge in [0.2, 0.25) is 0 Å². The second kappa shape index (κ2) is 4.53. The quantitative estimate of drug-likeness (QED) is 0.626. The number of non-ortho nitro benzene ring substituents is 1. The van der Waals surface area contributed by atoms with Gasteiger partial charge in [-0.15, -0.1) is 11.3 Å². The van der Waals surface area contributed by atoms with Gasteiger partial charge in [0.1, 0.15) is 0 Å². The number of nitro benzene ring substituents is 2. The molecule has 0 aliphatic carbocycles. The summed E-state index contributed by atoms with van der Waals surface area (Å²) in [4.78, 5) is 22.1. The Balaban J connectivity index is 2.60. The molecule has 0 N–H and O–H groups in total. The highest BCUT2D eigenvalue weighted by Gasteiger charge is 2.21. The Hall–Kier alpha value is -2.28. The minimum absolute atomic E-state index is 0.244. The van der Waals surface area contributed by atoms with Crippen molar-refractivity contribution in [2.75, 3.05) is 0 Å². The number of hydrogen-bond acceptors (Lipinski definition) is 5. The summed E-state index contributed by atoms with van der Waals surface area (Å²) >= 11 is 1.41. The van der Waals surface area contributed by atoms with Crippen LogP contribution < -0.4 is 0 Å². The van der Waals surface area contributed by atoms with Crippen LogP contribution in [0.1, 0.15) is 4.88 Å². The number of thiophene rings is 1. The van der Waals surface area contributed by atoms with Crippen LogP contribution >= 0.6 is 11.3 Å². The van der Waals surface area contributed by atoms with E-state index < -0.39 is 9.85 Å². The summed E-state index contributed by atoms with van der Waals surface area (Å²) in [6.45, 7) is 1.89. The molecule has 1 aromatic heterocycles. The van der Waals surface area contributed by atoms with Crippen molar-refractivity contribution >= 4 is 22.7 Å². The van der Waals surface area contributed by atoms with Crippen LogP contribution in [-0.2, 0) is 0 Å². The zero-order valence-electron chi connectivity index (χ0n) is 9.32. The first kappa shape index (κ1) is 12.2. The number of benzene rings is 1. The maximum Gasteiger partial charge on any atom is 0.284 e. The highest BCUT2D eigenvalue weighted by molar-refractivity contribution is 7.15. The summed E-state index contributed by atoms with van der Waals surface area (Å²) in [5.41, 5.74) is -0.117. The van der Waals surface area contributed by atoms with E-state index in [0.717, 1.165) is 15.8 Å². The molecule has 0 amide bonds. The van der Waals surface area contributed by atoms with Crippen molar-refractivity contribution < 1.29 is 9.85 Å². The molecule has 7 heteroatoms. The summed E-state index contributed by atoms with van der Waals surface area (Å²) in [5, 5.41) is 21.6. The fourth-order valence-corrected chi connectivity index (χ4v) is 2.47. The summed E-state index contributed by atoms with van der Waals surface area (Å²) in [6.07, 6.45) is 0. The molecule has 2 aromatic rings. The minimum atomic E-state index is -0.642. The Morgan fingerprint density at radius 1 is 1.06 bits per heavy atom. The summed E-state index contributed by atoms with van der Waals surface area (Å²) in [5.74, 6) is 0. The molecule has 1 aromatic carbocycles. The molecule has 18 heavy (non-hydrogen) atoms. The standard InChI is InChI=1S/C11H8N2O4S/c1-7-2-5-11(18-7)9-4-3-8(12(14)15)6-10(9)13(16)17/h2-6H,1H3. The van der Waals surface area contributed by atoms with Crippen molar-refractivity contribution in [2.24, 2.45) is 0 Å². The van der Waals surface area contributed by atoms with Gasteiger partial charge in [0.25, 0.3) is 11.4 Å². The average Bonchev–Trinajstić information content (AvgIpc) is 2.74. The Morgan fingerprint density at radius 3 is 2.28 bits per heavy atom. The number of rotatable bonds is 3. The van der Waals surface area contributed by atoms with Crippen LogP contribution in [0, 0.1) is 27.2 Å². The van der Waals surface area contributed by atoms with Crippen LogP contribution in [-0.4, -0.2) is 9.85 Å². The van der Waals surface area contributed by atoms with Crippen LogP contribution in [0.25, 0.3) is 10.4 Å². The highest BCUT2D eigenvalue weighted by Crippen LogP contribution is 2.36. The molecule has 0 atom stereocenters. The smallest absolute Gasteiger partial charge is 0.258 e. The summed E-state index contributed by atoms with van der Waals surface area (Å²) in [6, 6.07) is 7.31. The molecule has 0 spiro atoms. The van der Waals surface area contributed by atoms with E-state index in [-0.39, 0.29) is 11.4 Å². The van der Waals surface area contributed by atoms with Crippen LogP contribution in [0.4, 0.5) is 11.4 Å². The lowest BCUT2D eigenvalue weighted by molar-refractivity contribution is -0.393. The third-order valence-corrected chi connectivity index (χ3v) is 3.43. The fourth-order valence-electron chi connectivity index (χ4n) is 1.57. The molecule has 2 rings (SSSR count). The van der Waals surface area contributed by atoms with Gasteiger partial charge < -0.3 is 0 Å². The molecule has 0 aliphatic rings.